The average molecular weight is 287 g/mol. The van der Waals surface area contributed by atoms with Crippen molar-refractivity contribution in [3.63, 3.8) is 0 Å². The van der Waals surface area contributed by atoms with Gasteiger partial charge in [-0.05, 0) is 43.2 Å². The second-order valence-electron chi connectivity index (χ2n) is 6.07. The van der Waals surface area contributed by atoms with E-state index in [-0.39, 0.29) is 30.3 Å². The Hall–Kier alpha value is -1.88. The molecule has 0 spiro atoms. The Kier molecular flexibility index (Phi) is 3.92. The first-order chi connectivity index (χ1) is 10.1. The maximum absolute atomic E-state index is 12.2. The van der Waals surface area contributed by atoms with E-state index in [9.17, 15) is 9.59 Å². The molecule has 0 heterocycles. The summed E-state index contributed by atoms with van der Waals surface area (Å²) in [5, 5.41) is 5.48. The zero-order chi connectivity index (χ0) is 14.8. The van der Waals surface area contributed by atoms with Crippen molar-refractivity contribution in [3.8, 4) is 0 Å². The van der Waals surface area contributed by atoms with Gasteiger partial charge in [0.2, 0.25) is 11.8 Å². The Labute approximate surface area is 124 Å². The lowest BCUT2D eigenvalue weighted by molar-refractivity contribution is -0.129. The van der Waals surface area contributed by atoms with E-state index < -0.39 is 0 Å². The van der Waals surface area contributed by atoms with Gasteiger partial charge in [0.15, 0.2) is 0 Å². The third-order valence-corrected chi connectivity index (χ3v) is 4.76. The molecule has 4 atom stereocenters. The number of hydrogen-bond acceptors (Lipinski definition) is 3. The molecule has 21 heavy (non-hydrogen) atoms. The summed E-state index contributed by atoms with van der Waals surface area (Å²) in [6, 6.07) is 9.16. The SMILES string of the molecule is NC1C2CCC(C2)C1C(=O)NCC(=O)Nc1ccccc1. The number of rotatable bonds is 4. The van der Waals surface area contributed by atoms with Crippen LogP contribution in [0.15, 0.2) is 30.3 Å². The number of fused-ring (bicyclic) bond motifs is 2. The number of benzene rings is 1. The Morgan fingerprint density at radius 1 is 1.14 bits per heavy atom. The molecule has 2 saturated carbocycles. The predicted octanol–water partition coefficient (Wildman–Crippen LogP) is 1.11. The van der Waals surface area contributed by atoms with E-state index in [1.54, 1.807) is 0 Å². The smallest absolute Gasteiger partial charge is 0.243 e. The van der Waals surface area contributed by atoms with Gasteiger partial charge in [-0.1, -0.05) is 18.2 Å². The molecule has 112 valence electrons. The van der Waals surface area contributed by atoms with Crippen molar-refractivity contribution < 1.29 is 9.59 Å². The highest BCUT2D eigenvalue weighted by atomic mass is 16.2. The zero-order valence-electron chi connectivity index (χ0n) is 11.9. The molecule has 2 aliphatic rings. The minimum atomic E-state index is -0.216. The molecular formula is C16H21N3O2. The maximum Gasteiger partial charge on any atom is 0.243 e. The van der Waals surface area contributed by atoms with Crippen LogP contribution >= 0.6 is 0 Å². The highest BCUT2D eigenvalue weighted by molar-refractivity contribution is 5.94. The van der Waals surface area contributed by atoms with Crippen LogP contribution in [0, 0.1) is 17.8 Å². The number of carbonyl (C=O) groups is 2. The highest BCUT2D eigenvalue weighted by Crippen LogP contribution is 2.47. The molecule has 0 aliphatic heterocycles. The largest absolute Gasteiger partial charge is 0.347 e. The van der Waals surface area contributed by atoms with Crippen molar-refractivity contribution in [3.05, 3.63) is 30.3 Å². The van der Waals surface area contributed by atoms with E-state index in [1.165, 1.54) is 0 Å². The van der Waals surface area contributed by atoms with Crippen LogP contribution in [0.2, 0.25) is 0 Å². The number of carbonyl (C=O) groups excluding carboxylic acids is 2. The van der Waals surface area contributed by atoms with Crippen LogP contribution in [0.25, 0.3) is 0 Å². The summed E-state index contributed by atoms with van der Waals surface area (Å²) in [4.78, 5) is 24.0. The lowest BCUT2D eigenvalue weighted by Crippen LogP contribution is -2.46. The van der Waals surface area contributed by atoms with Crippen LogP contribution in [0.3, 0.4) is 0 Å². The third kappa shape index (κ3) is 2.93. The van der Waals surface area contributed by atoms with Gasteiger partial charge in [-0.15, -0.1) is 0 Å². The predicted molar refractivity (Wildman–Crippen MR) is 80.4 cm³/mol. The van der Waals surface area contributed by atoms with Crippen LogP contribution in [0.1, 0.15) is 19.3 Å². The van der Waals surface area contributed by atoms with Crippen LogP contribution in [-0.2, 0) is 9.59 Å². The normalized spacial score (nSPS) is 30.1. The highest BCUT2D eigenvalue weighted by Gasteiger charge is 2.48. The van der Waals surface area contributed by atoms with E-state index in [2.05, 4.69) is 10.6 Å². The Morgan fingerprint density at radius 2 is 1.86 bits per heavy atom. The van der Waals surface area contributed by atoms with Crippen molar-refractivity contribution in [1.82, 2.24) is 5.32 Å². The second-order valence-corrected chi connectivity index (χ2v) is 6.07. The van der Waals surface area contributed by atoms with Crippen molar-refractivity contribution >= 4 is 17.5 Å². The fraction of sp³-hybridized carbons (Fsp3) is 0.500. The number of nitrogens with two attached hydrogens (primary N) is 1. The zero-order valence-corrected chi connectivity index (χ0v) is 11.9. The summed E-state index contributed by atoms with van der Waals surface area (Å²) in [6.45, 7) is -0.00562. The number of nitrogens with one attached hydrogen (secondary N) is 2. The summed E-state index contributed by atoms with van der Waals surface area (Å²) in [6.07, 6.45) is 3.30. The Bertz CT molecular complexity index is 530. The fourth-order valence-corrected chi connectivity index (χ4v) is 3.74. The molecule has 5 nitrogen and oxygen atoms in total. The number of amides is 2. The summed E-state index contributed by atoms with van der Waals surface area (Å²) >= 11 is 0. The minimum Gasteiger partial charge on any atom is -0.347 e. The summed E-state index contributed by atoms with van der Waals surface area (Å²) in [7, 11) is 0. The van der Waals surface area contributed by atoms with Gasteiger partial charge in [-0.3, -0.25) is 9.59 Å². The molecule has 4 N–H and O–H groups in total. The lowest BCUT2D eigenvalue weighted by atomic mass is 9.84. The van der Waals surface area contributed by atoms with E-state index in [0.29, 0.717) is 11.8 Å². The lowest BCUT2D eigenvalue weighted by Gasteiger charge is -2.26. The monoisotopic (exact) mass is 287 g/mol. The first-order valence-electron chi connectivity index (χ1n) is 7.53. The summed E-state index contributed by atoms with van der Waals surface area (Å²) in [5.41, 5.74) is 6.86. The topological polar surface area (TPSA) is 84.2 Å². The van der Waals surface area contributed by atoms with Gasteiger partial charge < -0.3 is 16.4 Å². The quantitative estimate of drug-likeness (QED) is 0.775. The average Bonchev–Trinajstić information content (AvgIpc) is 3.07. The van der Waals surface area contributed by atoms with Crippen molar-refractivity contribution in [2.75, 3.05) is 11.9 Å². The first kappa shape index (κ1) is 14.1. The molecule has 2 fully saturated rings. The van der Waals surface area contributed by atoms with Crippen LogP contribution in [-0.4, -0.2) is 24.4 Å². The molecule has 3 rings (SSSR count). The molecule has 0 radical (unpaired) electrons. The number of hydrogen-bond donors (Lipinski definition) is 3. The molecule has 2 amide bonds. The standard InChI is InChI=1S/C16H21N3O2/c17-15-11-7-6-10(8-11)14(15)16(21)18-9-13(20)19-12-4-2-1-3-5-12/h1-5,10-11,14-15H,6-9,17H2,(H,18,21)(H,19,20). The summed E-state index contributed by atoms with van der Waals surface area (Å²) < 4.78 is 0. The van der Waals surface area contributed by atoms with Crippen LogP contribution in [0.4, 0.5) is 5.69 Å². The van der Waals surface area contributed by atoms with Crippen molar-refractivity contribution in [1.29, 1.82) is 0 Å². The molecule has 2 bridgehead atoms. The molecule has 1 aromatic rings. The fourth-order valence-electron chi connectivity index (χ4n) is 3.74. The van der Waals surface area contributed by atoms with Gasteiger partial charge in [0, 0.05) is 11.7 Å². The summed E-state index contributed by atoms with van der Waals surface area (Å²) in [5.74, 6) is 0.489. The molecule has 2 aliphatic carbocycles. The maximum atomic E-state index is 12.2. The van der Waals surface area contributed by atoms with Gasteiger partial charge in [-0.25, -0.2) is 0 Å². The molecule has 1 aromatic carbocycles. The Balaban J connectivity index is 1.49. The van der Waals surface area contributed by atoms with Crippen molar-refractivity contribution in [2.24, 2.45) is 23.5 Å². The minimum absolute atomic E-state index is 0.00562. The van der Waals surface area contributed by atoms with Gasteiger partial charge in [0.25, 0.3) is 0 Å². The molecule has 0 aromatic heterocycles. The van der Waals surface area contributed by atoms with E-state index in [1.807, 2.05) is 30.3 Å². The van der Waals surface area contributed by atoms with Crippen molar-refractivity contribution in [2.45, 2.75) is 25.3 Å². The second kappa shape index (κ2) is 5.85. The number of para-hydroxylation sites is 1. The van der Waals surface area contributed by atoms with Gasteiger partial charge in [0.05, 0.1) is 12.5 Å². The first-order valence-corrected chi connectivity index (χ1v) is 7.53. The molecule has 0 saturated heterocycles. The van der Waals surface area contributed by atoms with Crippen LogP contribution < -0.4 is 16.4 Å². The molecular weight excluding hydrogens is 266 g/mol. The molecule has 4 unspecified atom stereocenters. The van der Waals surface area contributed by atoms with E-state index in [0.717, 1.165) is 24.9 Å². The third-order valence-electron chi connectivity index (χ3n) is 4.76. The van der Waals surface area contributed by atoms with Gasteiger partial charge in [-0.2, -0.15) is 0 Å². The Morgan fingerprint density at radius 3 is 2.52 bits per heavy atom. The van der Waals surface area contributed by atoms with Gasteiger partial charge >= 0.3 is 0 Å². The van der Waals surface area contributed by atoms with Crippen LogP contribution in [0.5, 0.6) is 0 Å². The van der Waals surface area contributed by atoms with E-state index >= 15 is 0 Å². The van der Waals surface area contributed by atoms with E-state index in [4.69, 9.17) is 5.73 Å². The molecule has 5 heteroatoms. The number of anilines is 1. The van der Waals surface area contributed by atoms with Gasteiger partial charge in [0.1, 0.15) is 0 Å².